The Morgan fingerprint density at radius 3 is 2.88 bits per heavy atom. The van der Waals surface area contributed by atoms with Crippen LogP contribution in [0.25, 0.3) is 0 Å². The Morgan fingerprint density at radius 1 is 1.56 bits per heavy atom. The number of carbonyl (C=O) groups excluding carboxylic acids is 1. The summed E-state index contributed by atoms with van der Waals surface area (Å²) in [5.41, 5.74) is 0.482. The fourth-order valence-corrected chi connectivity index (χ4v) is 2.11. The first kappa shape index (κ1) is 11.0. The van der Waals surface area contributed by atoms with Crippen molar-refractivity contribution >= 4 is 5.91 Å². The van der Waals surface area contributed by atoms with Crippen molar-refractivity contribution in [2.75, 3.05) is 13.2 Å². The van der Waals surface area contributed by atoms with E-state index in [9.17, 15) is 9.90 Å². The molecule has 1 saturated heterocycles. The van der Waals surface area contributed by atoms with E-state index in [1.165, 1.54) is 18.7 Å². The summed E-state index contributed by atoms with van der Waals surface area (Å²) in [6, 6.07) is -0.0762. The Morgan fingerprint density at radius 2 is 2.25 bits per heavy atom. The highest BCUT2D eigenvalue weighted by molar-refractivity contribution is 5.94. The molecule has 5 heteroatoms. The van der Waals surface area contributed by atoms with Gasteiger partial charge in [0.15, 0.2) is 0 Å². The van der Waals surface area contributed by atoms with E-state index in [0.717, 1.165) is 6.42 Å². The molecule has 2 rings (SSSR count). The smallest absolute Gasteiger partial charge is 0.257 e. The van der Waals surface area contributed by atoms with Crippen molar-refractivity contribution in [3.63, 3.8) is 0 Å². The molecule has 1 aromatic heterocycles. The monoisotopic (exact) mass is 221 g/mol. The summed E-state index contributed by atoms with van der Waals surface area (Å²) in [4.78, 5) is 21.5. The van der Waals surface area contributed by atoms with Gasteiger partial charge in [0.25, 0.3) is 5.91 Å². The summed E-state index contributed by atoms with van der Waals surface area (Å²) in [6.45, 7) is 2.76. The van der Waals surface area contributed by atoms with Gasteiger partial charge in [-0.3, -0.25) is 4.79 Å². The molecule has 1 aliphatic heterocycles. The summed E-state index contributed by atoms with van der Waals surface area (Å²) in [6.07, 6.45) is 5.34. The average Bonchev–Trinajstić information content (AvgIpc) is 2.70. The van der Waals surface area contributed by atoms with Crippen LogP contribution in [0.15, 0.2) is 18.7 Å². The molecular formula is C11H15N3O2. The van der Waals surface area contributed by atoms with Gasteiger partial charge in [0.2, 0.25) is 0 Å². The highest BCUT2D eigenvalue weighted by atomic mass is 16.3. The van der Waals surface area contributed by atoms with Gasteiger partial charge in [-0.25, -0.2) is 9.97 Å². The molecule has 2 heterocycles. The van der Waals surface area contributed by atoms with Crippen LogP contribution in [0.1, 0.15) is 23.7 Å². The molecule has 0 saturated carbocycles. The quantitative estimate of drug-likeness (QED) is 0.781. The van der Waals surface area contributed by atoms with Crippen LogP contribution in [0.4, 0.5) is 0 Å². The summed E-state index contributed by atoms with van der Waals surface area (Å²) in [5, 5.41) is 9.28. The molecule has 86 valence electrons. The number of hydrogen-bond acceptors (Lipinski definition) is 4. The molecule has 1 aliphatic rings. The fourth-order valence-electron chi connectivity index (χ4n) is 2.11. The predicted octanol–water partition coefficient (Wildman–Crippen LogP) is 0.320. The first-order valence-corrected chi connectivity index (χ1v) is 5.41. The van der Waals surface area contributed by atoms with E-state index in [2.05, 4.69) is 16.9 Å². The van der Waals surface area contributed by atoms with Crippen LogP contribution >= 0.6 is 0 Å². The third-order valence-electron chi connectivity index (χ3n) is 3.14. The Labute approximate surface area is 94.1 Å². The SMILES string of the molecule is CC1CCN(C(=O)c2cncnc2)C1CO. The van der Waals surface area contributed by atoms with E-state index in [1.807, 2.05) is 0 Å². The van der Waals surface area contributed by atoms with E-state index >= 15 is 0 Å². The number of amides is 1. The Bertz CT molecular complexity index is 369. The zero-order valence-electron chi connectivity index (χ0n) is 9.21. The lowest BCUT2D eigenvalue weighted by Gasteiger charge is -2.24. The molecule has 0 aromatic carbocycles. The van der Waals surface area contributed by atoms with Gasteiger partial charge in [-0.05, 0) is 12.3 Å². The van der Waals surface area contributed by atoms with Crippen molar-refractivity contribution in [1.82, 2.24) is 14.9 Å². The maximum Gasteiger partial charge on any atom is 0.257 e. The second kappa shape index (κ2) is 4.57. The van der Waals surface area contributed by atoms with E-state index in [0.29, 0.717) is 18.0 Å². The van der Waals surface area contributed by atoms with Gasteiger partial charge in [-0.1, -0.05) is 6.92 Å². The van der Waals surface area contributed by atoms with Gasteiger partial charge < -0.3 is 10.0 Å². The van der Waals surface area contributed by atoms with E-state index < -0.39 is 0 Å². The van der Waals surface area contributed by atoms with Gasteiger partial charge in [-0.15, -0.1) is 0 Å². The molecule has 0 aliphatic carbocycles. The van der Waals surface area contributed by atoms with Crippen LogP contribution in [0.2, 0.25) is 0 Å². The number of aliphatic hydroxyl groups excluding tert-OH is 1. The molecule has 2 atom stereocenters. The van der Waals surface area contributed by atoms with Crippen LogP contribution in [0.5, 0.6) is 0 Å². The third kappa shape index (κ3) is 1.90. The van der Waals surface area contributed by atoms with Gasteiger partial charge in [-0.2, -0.15) is 0 Å². The minimum Gasteiger partial charge on any atom is -0.394 e. The molecule has 0 radical (unpaired) electrons. The zero-order valence-corrected chi connectivity index (χ0v) is 9.21. The van der Waals surface area contributed by atoms with Crippen molar-refractivity contribution in [3.05, 3.63) is 24.3 Å². The molecule has 16 heavy (non-hydrogen) atoms. The number of hydrogen-bond donors (Lipinski definition) is 1. The second-order valence-corrected chi connectivity index (χ2v) is 4.14. The molecule has 1 aromatic rings. The number of aromatic nitrogens is 2. The molecule has 1 N–H and O–H groups in total. The summed E-state index contributed by atoms with van der Waals surface area (Å²) in [5.74, 6) is 0.252. The largest absolute Gasteiger partial charge is 0.394 e. The minimum atomic E-state index is -0.0935. The maximum atomic E-state index is 12.1. The molecule has 2 unspecified atom stereocenters. The van der Waals surface area contributed by atoms with Crippen LogP contribution in [-0.2, 0) is 0 Å². The van der Waals surface area contributed by atoms with Crippen LogP contribution in [-0.4, -0.2) is 45.1 Å². The van der Waals surface area contributed by atoms with E-state index in [1.54, 1.807) is 4.90 Å². The molecule has 1 amide bonds. The number of carbonyl (C=O) groups is 1. The van der Waals surface area contributed by atoms with Crippen molar-refractivity contribution in [1.29, 1.82) is 0 Å². The van der Waals surface area contributed by atoms with Gasteiger partial charge in [0.05, 0.1) is 18.2 Å². The lowest BCUT2D eigenvalue weighted by atomic mass is 10.0. The highest BCUT2D eigenvalue weighted by Gasteiger charge is 2.34. The number of nitrogens with zero attached hydrogens (tertiary/aromatic N) is 3. The number of aliphatic hydroxyl groups is 1. The molecule has 1 fully saturated rings. The lowest BCUT2D eigenvalue weighted by Crippen LogP contribution is -2.39. The Hall–Kier alpha value is -1.49. The fraction of sp³-hybridized carbons (Fsp3) is 0.545. The topological polar surface area (TPSA) is 66.3 Å². The molecular weight excluding hydrogens is 206 g/mol. The molecule has 0 bridgehead atoms. The van der Waals surface area contributed by atoms with E-state index in [4.69, 9.17) is 0 Å². The summed E-state index contributed by atoms with van der Waals surface area (Å²) >= 11 is 0. The van der Waals surface area contributed by atoms with E-state index in [-0.39, 0.29) is 18.6 Å². The molecule has 0 spiro atoms. The van der Waals surface area contributed by atoms with Crippen molar-refractivity contribution in [2.45, 2.75) is 19.4 Å². The minimum absolute atomic E-state index is 0.0145. The highest BCUT2D eigenvalue weighted by Crippen LogP contribution is 2.24. The average molecular weight is 221 g/mol. The van der Waals surface area contributed by atoms with Crippen molar-refractivity contribution < 1.29 is 9.90 Å². The molecule has 5 nitrogen and oxygen atoms in total. The summed E-state index contributed by atoms with van der Waals surface area (Å²) < 4.78 is 0. The first-order valence-electron chi connectivity index (χ1n) is 5.41. The second-order valence-electron chi connectivity index (χ2n) is 4.14. The van der Waals surface area contributed by atoms with Crippen LogP contribution in [0.3, 0.4) is 0 Å². The third-order valence-corrected chi connectivity index (χ3v) is 3.14. The van der Waals surface area contributed by atoms with Gasteiger partial charge in [0.1, 0.15) is 6.33 Å². The van der Waals surface area contributed by atoms with Gasteiger partial charge in [0, 0.05) is 18.9 Å². The number of rotatable bonds is 2. The maximum absolute atomic E-state index is 12.1. The van der Waals surface area contributed by atoms with Crippen molar-refractivity contribution in [3.8, 4) is 0 Å². The normalized spacial score (nSPS) is 24.8. The standard InChI is InChI=1S/C11H15N3O2/c1-8-2-3-14(10(8)6-15)11(16)9-4-12-7-13-5-9/h4-5,7-8,10,15H,2-3,6H2,1H3. The Balaban J connectivity index is 2.17. The predicted molar refractivity (Wildman–Crippen MR) is 57.7 cm³/mol. The zero-order chi connectivity index (χ0) is 11.5. The Kier molecular flexibility index (Phi) is 3.14. The number of likely N-dealkylation sites (tertiary alicyclic amines) is 1. The summed E-state index contributed by atoms with van der Waals surface area (Å²) in [7, 11) is 0. The van der Waals surface area contributed by atoms with Crippen molar-refractivity contribution in [2.24, 2.45) is 5.92 Å². The van der Waals surface area contributed by atoms with Crippen LogP contribution in [0, 0.1) is 5.92 Å². The lowest BCUT2D eigenvalue weighted by molar-refractivity contribution is 0.0647. The van der Waals surface area contributed by atoms with Gasteiger partial charge >= 0.3 is 0 Å². The first-order chi connectivity index (χ1) is 7.74. The van der Waals surface area contributed by atoms with Crippen LogP contribution < -0.4 is 0 Å².